The first-order valence-corrected chi connectivity index (χ1v) is 7.81. The third-order valence-electron chi connectivity index (χ3n) is 4.24. The third-order valence-corrected chi connectivity index (χ3v) is 4.24. The number of carboxylic acids is 1. The number of hydrogen-bond acceptors (Lipinski definition) is 3. The maximum Gasteiger partial charge on any atom is 0.356 e. The van der Waals surface area contributed by atoms with Crippen LogP contribution in [0.2, 0.25) is 0 Å². The van der Waals surface area contributed by atoms with E-state index in [1.807, 2.05) is 12.1 Å². The fourth-order valence-corrected chi connectivity index (χ4v) is 2.68. The first kappa shape index (κ1) is 15.3. The summed E-state index contributed by atoms with van der Waals surface area (Å²) in [7, 11) is 0. The van der Waals surface area contributed by atoms with Crippen LogP contribution in [0.25, 0.3) is 5.69 Å². The normalized spacial score (nSPS) is 14.3. The molecule has 3 rings (SSSR count). The van der Waals surface area contributed by atoms with E-state index in [0.717, 1.165) is 6.42 Å². The van der Waals surface area contributed by atoms with Crippen molar-refractivity contribution >= 4 is 17.6 Å². The molecule has 2 aromatic rings. The molecule has 23 heavy (non-hydrogen) atoms. The van der Waals surface area contributed by atoms with Crippen molar-refractivity contribution in [3.63, 3.8) is 0 Å². The Hall–Kier alpha value is -2.63. The maximum atomic E-state index is 12.1. The van der Waals surface area contributed by atoms with Crippen LogP contribution in [0, 0.1) is 5.92 Å². The van der Waals surface area contributed by atoms with Crippen molar-refractivity contribution in [2.75, 3.05) is 5.32 Å². The molecular formula is C17H19N3O3. The largest absolute Gasteiger partial charge is 0.476 e. The molecule has 1 amide bonds. The summed E-state index contributed by atoms with van der Waals surface area (Å²) in [4.78, 5) is 23.1. The second-order valence-electron chi connectivity index (χ2n) is 5.85. The Morgan fingerprint density at radius 2 is 2.04 bits per heavy atom. The van der Waals surface area contributed by atoms with Gasteiger partial charge < -0.3 is 10.4 Å². The summed E-state index contributed by atoms with van der Waals surface area (Å²) < 4.78 is 1.46. The standard InChI is InChI=1S/C17H19N3O3/c21-16(9-8-12-4-3-5-12)18-13-6-1-2-7-15(13)20-11-10-14(19-20)17(22)23/h1-2,6-7,10-12H,3-5,8-9H2,(H,18,21)(H,22,23). The van der Waals surface area contributed by atoms with E-state index in [1.54, 1.807) is 18.3 Å². The zero-order valence-electron chi connectivity index (χ0n) is 12.7. The number of rotatable bonds is 6. The van der Waals surface area contributed by atoms with E-state index in [4.69, 9.17) is 5.11 Å². The number of anilines is 1. The zero-order chi connectivity index (χ0) is 16.2. The molecule has 0 unspecified atom stereocenters. The van der Waals surface area contributed by atoms with E-state index >= 15 is 0 Å². The predicted octanol–water partition coefficient (Wildman–Crippen LogP) is 3.09. The topological polar surface area (TPSA) is 84.2 Å². The lowest BCUT2D eigenvalue weighted by Crippen LogP contribution is -2.17. The van der Waals surface area contributed by atoms with Crippen LogP contribution in [0.1, 0.15) is 42.6 Å². The lowest BCUT2D eigenvalue weighted by atomic mass is 9.82. The quantitative estimate of drug-likeness (QED) is 0.858. The minimum Gasteiger partial charge on any atom is -0.476 e. The van der Waals surface area contributed by atoms with Crippen LogP contribution in [-0.2, 0) is 4.79 Å². The summed E-state index contributed by atoms with van der Waals surface area (Å²) in [6, 6.07) is 8.66. The second kappa shape index (κ2) is 6.64. The summed E-state index contributed by atoms with van der Waals surface area (Å²) in [5, 5.41) is 15.9. The summed E-state index contributed by atoms with van der Waals surface area (Å²) >= 11 is 0. The van der Waals surface area contributed by atoms with Crippen molar-refractivity contribution in [3.8, 4) is 5.69 Å². The molecule has 0 atom stereocenters. The van der Waals surface area contributed by atoms with E-state index in [2.05, 4.69) is 10.4 Å². The van der Waals surface area contributed by atoms with Crippen molar-refractivity contribution in [2.45, 2.75) is 32.1 Å². The van der Waals surface area contributed by atoms with Crippen LogP contribution < -0.4 is 5.32 Å². The van der Waals surface area contributed by atoms with Gasteiger partial charge >= 0.3 is 5.97 Å². The minimum absolute atomic E-state index is 0.0186. The summed E-state index contributed by atoms with van der Waals surface area (Å²) in [5.41, 5.74) is 1.25. The predicted molar refractivity (Wildman–Crippen MR) is 85.7 cm³/mol. The van der Waals surface area contributed by atoms with Gasteiger partial charge in [-0.2, -0.15) is 5.10 Å². The average Bonchev–Trinajstić information content (AvgIpc) is 2.96. The number of nitrogens with one attached hydrogen (secondary N) is 1. The number of amides is 1. The minimum atomic E-state index is -1.08. The molecule has 1 fully saturated rings. The van der Waals surface area contributed by atoms with Crippen molar-refractivity contribution < 1.29 is 14.7 Å². The number of aromatic carboxylic acids is 1. The van der Waals surface area contributed by atoms with Crippen molar-refractivity contribution in [2.24, 2.45) is 5.92 Å². The molecule has 0 bridgehead atoms. The van der Waals surface area contributed by atoms with E-state index < -0.39 is 5.97 Å². The molecule has 0 spiro atoms. The van der Waals surface area contributed by atoms with Crippen LogP contribution in [0.3, 0.4) is 0 Å². The Bertz CT molecular complexity index is 719. The highest BCUT2D eigenvalue weighted by molar-refractivity contribution is 5.92. The lowest BCUT2D eigenvalue weighted by molar-refractivity contribution is -0.116. The molecule has 1 aromatic carbocycles. The molecule has 0 saturated heterocycles. The maximum absolute atomic E-state index is 12.1. The van der Waals surface area contributed by atoms with Crippen molar-refractivity contribution in [1.82, 2.24) is 9.78 Å². The fraction of sp³-hybridized carbons (Fsp3) is 0.353. The Kier molecular flexibility index (Phi) is 4.41. The molecule has 6 heteroatoms. The lowest BCUT2D eigenvalue weighted by Gasteiger charge is -2.24. The van der Waals surface area contributed by atoms with Crippen molar-refractivity contribution in [3.05, 3.63) is 42.2 Å². The Morgan fingerprint density at radius 1 is 1.26 bits per heavy atom. The van der Waals surface area contributed by atoms with Gasteiger partial charge in [0.25, 0.3) is 0 Å². The van der Waals surface area contributed by atoms with Gasteiger partial charge in [0, 0.05) is 12.6 Å². The second-order valence-corrected chi connectivity index (χ2v) is 5.85. The van der Waals surface area contributed by atoms with Gasteiger partial charge in [0.1, 0.15) is 0 Å². The van der Waals surface area contributed by atoms with E-state index in [0.29, 0.717) is 23.7 Å². The number of aromatic nitrogens is 2. The number of carbonyl (C=O) groups excluding carboxylic acids is 1. The Labute approximate surface area is 134 Å². The molecule has 1 aromatic heterocycles. The van der Waals surface area contributed by atoms with Crippen LogP contribution >= 0.6 is 0 Å². The van der Waals surface area contributed by atoms with Crippen LogP contribution in [0.5, 0.6) is 0 Å². The molecule has 1 heterocycles. The van der Waals surface area contributed by atoms with Gasteiger partial charge in [-0.05, 0) is 30.5 Å². The summed E-state index contributed by atoms with van der Waals surface area (Å²) in [5.74, 6) is -0.402. The van der Waals surface area contributed by atoms with Gasteiger partial charge in [-0.15, -0.1) is 0 Å². The average molecular weight is 313 g/mol. The molecule has 120 valence electrons. The van der Waals surface area contributed by atoms with Gasteiger partial charge in [-0.25, -0.2) is 9.48 Å². The van der Waals surface area contributed by atoms with Crippen LogP contribution in [0.15, 0.2) is 36.5 Å². The molecule has 6 nitrogen and oxygen atoms in total. The van der Waals surface area contributed by atoms with E-state index in [1.165, 1.54) is 30.0 Å². The molecular weight excluding hydrogens is 294 g/mol. The third kappa shape index (κ3) is 3.59. The highest BCUT2D eigenvalue weighted by atomic mass is 16.4. The van der Waals surface area contributed by atoms with E-state index in [-0.39, 0.29) is 11.6 Å². The van der Waals surface area contributed by atoms with Gasteiger partial charge in [0.05, 0.1) is 11.4 Å². The number of carboxylic acid groups (broad SMARTS) is 1. The summed E-state index contributed by atoms with van der Waals surface area (Å²) in [6.07, 6.45) is 6.75. The summed E-state index contributed by atoms with van der Waals surface area (Å²) in [6.45, 7) is 0. The Morgan fingerprint density at radius 3 is 2.70 bits per heavy atom. The number of nitrogens with zero attached hydrogens (tertiary/aromatic N) is 2. The monoisotopic (exact) mass is 313 g/mol. The number of para-hydroxylation sites is 2. The molecule has 1 aliphatic carbocycles. The van der Waals surface area contributed by atoms with E-state index in [9.17, 15) is 9.59 Å². The highest BCUT2D eigenvalue weighted by Crippen LogP contribution is 2.30. The molecule has 2 N–H and O–H groups in total. The van der Waals surface area contributed by atoms with Gasteiger partial charge in [0.2, 0.25) is 5.91 Å². The number of carbonyl (C=O) groups is 2. The fourth-order valence-electron chi connectivity index (χ4n) is 2.68. The Balaban J connectivity index is 1.71. The van der Waals surface area contributed by atoms with Crippen LogP contribution in [0.4, 0.5) is 5.69 Å². The van der Waals surface area contributed by atoms with Gasteiger partial charge in [-0.1, -0.05) is 31.4 Å². The smallest absolute Gasteiger partial charge is 0.356 e. The van der Waals surface area contributed by atoms with Gasteiger partial charge in [-0.3, -0.25) is 4.79 Å². The number of benzene rings is 1. The molecule has 0 radical (unpaired) electrons. The van der Waals surface area contributed by atoms with Gasteiger partial charge in [0.15, 0.2) is 5.69 Å². The zero-order valence-corrected chi connectivity index (χ0v) is 12.7. The SMILES string of the molecule is O=C(CCC1CCC1)Nc1ccccc1-n1ccc(C(=O)O)n1. The van der Waals surface area contributed by atoms with Crippen LogP contribution in [-0.4, -0.2) is 26.8 Å². The number of hydrogen-bond donors (Lipinski definition) is 2. The molecule has 1 saturated carbocycles. The first-order chi connectivity index (χ1) is 11.1. The molecule has 1 aliphatic rings. The van der Waals surface area contributed by atoms with Crippen molar-refractivity contribution in [1.29, 1.82) is 0 Å². The highest BCUT2D eigenvalue weighted by Gasteiger charge is 2.18. The first-order valence-electron chi connectivity index (χ1n) is 7.81. The molecule has 0 aliphatic heterocycles.